The van der Waals surface area contributed by atoms with Gasteiger partial charge in [-0.3, -0.25) is 0 Å². The number of hydrogen-bond acceptors (Lipinski definition) is 2. The minimum absolute atomic E-state index is 0.119. The van der Waals surface area contributed by atoms with Gasteiger partial charge in [0, 0.05) is 5.56 Å². The molecule has 15 heavy (non-hydrogen) atoms. The maximum absolute atomic E-state index is 13.5. The molecule has 0 atom stereocenters. The third kappa shape index (κ3) is 1.72. The van der Waals surface area contributed by atoms with E-state index in [0.29, 0.717) is 17.1 Å². The molecule has 0 saturated carbocycles. The summed E-state index contributed by atoms with van der Waals surface area (Å²) in [5.74, 6) is 0.229. The summed E-state index contributed by atoms with van der Waals surface area (Å²) in [6, 6.07) is 3.23. The van der Waals surface area contributed by atoms with E-state index in [4.69, 9.17) is 11.6 Å². The first-order valence-corrected chi connectivity index (χ1v) is 4.80. The molecular formula is C10H9ClFN3. The van der Waals surface area contributed by atoms with E-state index in [1.54, 1.807) is 26.2 Å². The van der Waals surface area contributed by atoms with Crippen LogP contribution in [0.5, 0.6) is 0 Å². The number of halogens is 2. The standard InChI is InChI=1S/C10H9ClFN3/c1-6-9(4-3-8(11)10(6)12)15-5-13-7(2)14-15/h3-5H,1-2H3. The van der Waals surface area contributed by atoms with Crippen molar-refractivity contribution >= 4 is 11.6 Å². The van der Waals surface area contributed by atoms with E-state index in [-0.39, 0.29) is 5.02 Å². The van der Waals surface area contributed by atoms with Crippen molar-refractivity contribution in [2.24, 2.45) is 0 Å². The van der Waals surface area contributed by atoms with Gasteiger partial charge in [-0.1, -0.05) is 11.6 Å². The first kappa shape index (κ1) is 10.1. The van der Waals surface area contributed by atoms with Gasteiger partial charge in [0.1, 0.15) is 18.0 Å². The summed E-state index contributed by atoms with van der Waals surface area (Å²) in [7, 11) is 0. The van der Waals surface area contributed by atoms with Gasteiger partial charge in [-0.05, 0) is 26.0 Å². The van der Waals surface area contributed by atoms with Gasteiger partial charge in [-0.25, -0.2) is 14.1 Å². The van der Waals surface area contributed by atoms with Gasteiger partial charge in [0.2, 0.25) is 0 Å². The SMILES string of the molecule is Cc1ncn(-c2ccc(Cl)c(F)c2C)n1. The van der Waals surface area contributed by atoms with E-state index >= 15 is 0 Å². The van der Waals surface area contributed by atoms with Crippen molar-refractivity contribution in [2.75, 3.05) is 0 Å². The molecule has 0 fully saturated rings. The zero-order valence-corrected chi connectivity index (χ0v) is 9.09. The van der Waals surface area contributed by atoms with Crippen molar-refractivity contribution < 1.29 is 4.39 Å². The number of aryl methyl sites for hydroxylation is 1. The highest BCUT2D eigenvalue weighted by Gasteiger charge is 2.10. The Morgan fingerprint density at radius 1 is 1.33 bits per heavy atom. The van der Waals surface area contributed by atoms with Crippen LogP contribution in [0.25, 0.3) is 5.69 Å². The molecule has 0 unspecified atom stereocenters. The maximum atomic E-state index is 13.5. The van der Waals surface area contributed by atoms with E-state index in [2.05, 4.69) is 10.1 Å². The number of aromatic nitrogens is 3. The van der Waals surface area contributed by atoms with Crippen LogP contribution in [0.2, 0.25) is 5.02 Å². The van der Waals surface area contributed by atoms with Crippen LogP contribution >= 0.6 is 11.6 Å². The Labute approximate surface area is 91.5 Å². The first-order valence-electron chi connectivity index (χ1n) is 4.43. The molecule has 1 aromatic carbocycles. The molecule has 0 saturated heterocycles. The van der Waals surface area contributed by atoms with Crippen molar-refractivity contribution in [2.45, 2.75) is 13.8 Å². The quantitative estimate of drug-likeness (QED) is 0.747. The van der Waals surface area contributed by atoms with Crippen LogP contribution in [0.1, 0.15) is 11.4 Å². The molecule has 0 bridgehead atoms. The van der Waals surface area contributed by atoms with Crippen LogP contribution in [0, 0.1) is 19.7 Å². The molecule has 0 radical (unpaired) electrons. The third-order valence-electron chi connectivity index (χ3n) is 2.16. The van der Waals surface area contributed by atoms with Gasteiger partial charge in [-0.2, -0.15) is 5.10 Å². The predicted octanol–water partition coefficient (Wildman–Crippen LogP) is 2.68. The Morgan fingerprint density at radius 2 is 2.07 bits per heavy atom. The van der Waals surface area contributed by atoms with E-state index in [9.17, 15) is 4.39 Å². The summed E-state index contributed by atoms with van der Waals surface area (Å²) in [5, 5.41) is 4.23. The fourth-order valence-corrected chi connectivity index (χ4v) is 1.56. The normalized spacial score (nSPS) is 10.7. The maximum Gasteiger partial charge on any atom is 0.147 e. The van der Waals surface area contributed by atoms with Gasteiger partial charge in [0.15, 0.2) is 0 Å². The smallest absolute Gasteiger partial charge is 0.147 e. The van der Waals surface area contributed by atoms with Gasteiger partial charge in [0.05, 0.1) is 10.7 Å². The molecule has 0 spiro atoms. The summed E-state index contributed by atoms with van der Waals surface area (Å²) >= 11 is 5.66. The van der Waals surface area contributed by atoms with E-state index < -0.39 is 5.82 Å². The topological polar surface area (TPSA) is 30.7 Å². The zero-order valence-electron chi connectivity index (χ0n) is 8.33. The molecule has 0 aliphatic carbocycles. The van der Waals surface area contributed by atoms with Crippen LogP contribution in [-0.2, 0) is 0 Å². The number of nitrogens with zero attached hydrogens (tertiary/aromatic N) is 3. The fourth-order valence-electron chi connectivity index (χ4n) is 1.35. The minimum atomic E-state index is -0.415. The molecule has 0 aliphatic heterocycles. The number of benzene rings is 1. The molecule has 3 nitrogen and oxygen atoms in total. The van der Waals surface area contributed by atoms with Crippen LogP contribution < -0.4 is 0 Å². The molecule has 2 rings (SSSR count). The Balaban J connectivity index is 2.59. The largest absolute Gasteiger partial charge is 0.220 e. The fraction of sp³-hybridized carbons (Fsp3) is 0.200. The van der Waals surface area contributed by atoms with Crippen LogP contribution in [0.3, 0.4) is 0 Å². The molecule has 1 aromatic heterocycles. The summed E-state index contributed by atoms with van der Waals surface area (Å²) < 4.78 is 15.0. The van der Waals surface area contributed by atoms with Crippen molar-refractivity contribution in [1.82, 2.24) is 14.8 Å². The van der Waals surface area contributed by atoms with Crippen LogP contribution in [0.4, 0.5) is 4.39 Å². The lowest BCUT2D eigenvalue weighted by Crippen LogP contribution is -2.00. The van der Waals surface area contributed by atoms with Gasteiger partial charge < -0.3 is 0 Å². The van der Waals surface area contributed by atoms with Crippen LogP contribution in [0.15, 0.2) is 18.5 Å². The van der Waals surface area contributed by atoms with E-state index in [1.165, 1.54) is 10.7 Å². The number of hydrogen-bond donors (Lipinski definition) is 0. The van der Waals surface area contributed by atoms with E-state index in [0.717, 1.165) is 0 Å². The average Bonchev–Trinajstić information content (AvgIpc) is 2.61. The predicted molar refractivity (Wildman–Crippen MR) is 55.8 cm³/mol. The molecule has 78 valence electrons. The lowest BCUT2D eigenvalue weighted by molar-refractivity contribution is 0.615. The summed E-state index contributed by atoms with van der Waals surface area (Å²) in [5.41, 5.74) is 1.12. The summed E-state index contributed by atoms with van der Waals surface area (Å²) in [4.78, 5) is 3.98. The average molecular weight is 226 g/mol. The second-order valence-corrected chi connectivity index (χ2v) is 3.65. The van der Waals surface area contributed by atoms with Crippen molar-refractivity contribution in [3.05, 3.63) is 40.7 Å². The Morgan fingerprint density at radius 3 is 2.67 bits per heavy atom. The molecular weight excluding hydrogens is 217 g/mol. The van der Waals surface area contributed by atoms with Crippen LogP contribution in [-0.4, -0.2) is 14.8 Å². The Bertz CT molecular complexity index is 507. The monoisotopic (exact) mass is 225 g/mol. The Hall–Kier alpha value is -1.42. The van der Waals surface area contributed by atoms with E-state index in [1.807, 2.05) is 0 Å². The third-order valence-corrected chi connectivity index (χ3v) is 2.46. The molecule has 0 N–H and O–H groups in total. The molecule has 0 aliphatic rings. The van der Waals surface area contributed by atoms with Gasteiger partial charge in [0.25, 0.3) is 0 Å². The summed E-state index contributed by atoms with van der Waals surface area (Å²) in [6.07, 6.45) is 1.55. The van der Waals surface area contributed by atoms with Crippen molar-refractivity contribution in [3.63, 3.8) is 0 Å². The second-order valence-electron chi connectivity index (χ2n) is 3.24. The highest BCUT2D eigenvalue weighted by Crippen LogP contribution is 2.23. The minimum Gasteiger partial charge on any atom is -0.220 e. The molecule has 5 heteroatoms. The Kier molecular flexibility index (Phi) is 2.44. The highest BCUT2D eigenvalue weighted by molar-refractivity contribution is 6.30. The molecule has 0 amide bonds. The molecule has 2 aromatic rings. The number of rotatable bonds is 1. The lowest BCUT2D eigenvalue weighted by atomic mass is 10.2. The zero-order chi connectivity index (χ0) is 11.0. The summed E-state index contributed by atoms with van der Waals surface area (Å²) in [6.45, 7) is 3.44. The molecule has 1 heterocycles. The highest BCUT2D eigenvalue weighted by atomic mass is 35.5. The van der Waals surface area contributed by atoms with Gasteiger partial charge >= 0.3 is 0 Å². The van der Waals surface area contributed by atoms with Gasteiger partial charge in [-0.15, -0.1) is 0 Å². The van der Waals surface area contributed by atoms with Crippen molar-refractivity contribution in [3.8, 4) is 5.69 Å². The second kappa shape index (κ2) is 3.62. The van der Waals surface area contributed by atoms with Crippen molar-refractivity contribution in [1.29, 1.82) is 0 Å². The lowest BCUT2D eigenvalue weighted by Gasteiger charge is -2.06. The first-order chi connectivity index (χ1) is 7.09.